The van der Waals surface area contributed by atoms with Crippen molar-refractivity contribution in [3.8, 4) is 0 Å². The fraction of sp³-hybridized carbons (Fsp3) is 0.533. The van der Waals surface area contributed by atoms with Crippen molar-refractivity contribution in [2.24, 2.45) is 0 Å². The van der Waals surface area contributed by atoms with Crippen LogP contribution >= 0.6 is 0 Å². The molecule has 1 aromatic rings. The predicted molar refractivity (Wildman–Crippen MR) is 74.9 cm³/mol. The smallest absolute Gasteiger partial charge is 0.410 e. The van der Waals surface area contributed by atoms with E-state index < -0.39 is 0 Å². The van der Waals surface area contributed by atoms with Crippen LogP contribution in [0.4, 0.5) is 4.79 Å². The lowest BCUT2D eigenvalue weighted by molar-refractivity contribution is 0.0581. The zero-order valence-electron chi connectivity index (χ0n) is 11.6. The topological polar surface area (TPSA) is 41.6 Å². The van der Waals surface area contributed by atoms with Crippen molar-refractivity contribution in [1.29, 1.82) is 0 Å². The van der Waals surface area contributed by atoms with Gasteiger partial charge in [-0.15, -0.1) is 0 Å². The summed E-state index contributed by atoms with van der Waals surface area (Å²) in [7, 11) is 0. The first-order valence-corrected chi connectivity index (χ1v) is 6.90. The highest BCUT2D eigenvalue weighted by Gasteiger charge is 2.31. The average molecular weight is 262 g/mol. The Morgan fingerprint density at radius 3 is 2.74 bits per heavy atom. The van der Waals surface area contributed by atoms with Crippen LogP contribution < -0.4 is 5.32 Å². The molecule has 104 valence electrons. The minimum atomic E-state index is -0.217. The molecule has 2 rings (SSSR count). The Morgan fingerprint density at radius 2 is 2.11 bits per heavy atom. The van der Waals surface area contributed by atoms with Crippen LogP contribution in [-0.2, 0) is 11.3 Å². The summed E-state index contributed by atoms with van der Waals surface area (Å²) in [4.78, 5) is 13.5. The molecule has 0 saturated carbocycles. The summed E-state index contributed by atoms with van der Waals surface area (Å²) in [5.41, 5.74) is 1.02. The van der Waals surface area contributed by atoms with Gasteiger partial charge in [0.2, 0.25) is 0 Å². The van der Waals surface area contributed by atoms with Gasteiger partial charge in [-0.2, -0.15) is 0 Å². The van der Waals surface area contributed by atoms with Gasteiger partial charge in [-0.05, 0) is 18.9 Å². The van der Waals surface area contributed by atoms with Crippen LogP contribution in [0.25, 0.3) is 0 Å². The number of hydrogen-bond acceptors (Lipinski definition) is 3. The molecular formula is C15H22N2O2. The van der Waals surface area contributed by atoms with Gasteiger partial charge in [-0.3, -0.25) is 0 Å². The molecule has 1 N–H and O–H groups in total. The van der Waals surface area contributed by atoms with Gasteiger partial charge in [-0.1, -0.05) is 37.3 Å². The second-order valence-corrected chi connectivity index (χ2v) is 5.12. The summed E-state index contributed by atoms with van der Waals surface area (Å²) in [5, 5.41) is 3.48. The van der Waals surface area contributed by atoms with E-state index in [0.29, 0.717) is 18.7 Å². The summed E-state index contributed by atoms with van der Waals surface area (Å²) in [6, 6.07) is 10.7. The summed E-state index contributed by atoms with van der Waals surface area (Å²) in [6.07, 6.45) is 0.889. The van der Waals surface area contributed by atoms with E-state index in [1.54, 1.807) is 4.90 Å². The number of rotatable bonds is 5. The van der Waals surface area contributed by atoms with Crippen molar-refractivity contribution in [1.82, 2.24) is 10.2 Å². The van der Waals surface area contributed by atoms with Gasteiger partial charge in [-0.25, -0.2) is 4.79 Å². The Kier molecular flexibility index (Phi) is 4.80. The van der Waals surface area contributed by atoms with Crippen LogP contribution in [0.1, 0.15) is 25.8 Å². The van der Waals surface area contributed by atoms with E-state index in [9.17, 15) is 4.79 Å². The van der Waals surface area contributed by atoms with Crippen LogP contribution in [0, 0.1) is 0 Å². The van der Waals surface area contributed by atoms with Crippen LogP contribution in [0.5, 0.6) is 0 Å². The van der Waals surface area contributed by atoms with Crippen LogP contribution in [0.3, 0.4) is 0 Å². The molecule has 4 heteroatoms. The molecule has 1 aromatic carbocycles. The number of carbonyl (C=O) groups is 1. The number of ether oxygens (including phenoxy) is 1. The standard InChI is InChI=1S/C15H22N2O2/c1-3-12(2)16-14-9-17(10-14)15(18)19-11-13-7-5-4-6-8-13/h4-8,12,14,16H,3,9-11H2,1-2H3. The van der Waals surface area contributed by atoms with E-state index >= 15 is 0 Å². The summed E-state index contributed by atoms with van der Waals surface area (Å²) < 4.78 is 5.27. The number of benzene rings is 1. The highest BCUT2D eigenvalue weighted by Crippen LogP contribution is 2.12. The van der Waals surface area contributed by atoms with Gasteiger partial charge < -0.3 is 15.0 Å². The summed E-state index contributed by atoms with van der Waals surface area (Å²) in [6.45, 7) is 6.16. The van der Waals surface area contributed by atoms with Crippen molar-refractivity contribution in [3.05, 3.63) is 35.9 Å². The lowest BCUT2D eigenvalue weighted by atomic mass is 10.1. The first kappa shape index (κ1) is 13.9. The van der Waals surface area contributed by atoms with Crippen LogP contribution in [-0.4, -0.2) is 36.2 Å². The third-order valence-electron chi connectivity index (χ3n) is 3.48. The first-order valence-electron chi connectivity index (χ1n) is 6.90. The second kappa shape index (κ2) is 6.57. The van der Waals surface area contributed by atoms with Gasteiger partial charge in [0, 0.05) is 25.2 Å². The van der Waals surface area contributed by atoms with Crippen molar-refractivity contribution in [2.75, 3.05) is 13.1 Å². The third-order valence-corrected chi connectivity index (χ3v) is 3.48. The SMILES string of the molecule is CCC(C)NC1CN(C(=O)OCc2ccccc2)C1. The zero-order valence-corrected chi connectivity index (χ0v) is 11.6. The van der Waals surface area contributed by atoms with E-state index in [4.69, 9.17) is 4.74 Å². The van der Waals surface area contributed by atoms with E-state index in [2.05, 4.69) is 19.2 Å². The van der Waals surface area contributed by atoms with E-state index in [1.165, 1.54) is 0 Å². The molecule has 1 atom stereocenters. The lowest BCUT2D eigenvalue weighted by Crippen LogP contribution is -2.61. The second-order valence-electron chi connectivity index (χ2n) is 5.12. The summed E-state index contributed by atoms with van der Waals surface area (Å²) >= 11 is 0. The Bertz CT molecular complexity index is 402. The van der Waals surface area contributed by atoms with Crippen molar-refractivity contribution < 1.29 is 9.53 Å². The molecule has 1 saturated heterocycles. The highest BCUT2D eigenvalue weighted by atomic mass is 16.6. The third kappa shape index (κ3) is 3.96. The predicted octanol–water partition coefficient (Wildman–Crippen LogP) is 2.40. The van der Waals surface area contributed by atoms with Crippen LogP contribution in [0.15, 0.2) is 30.3 Å². The number of likely N-dealkylation sites (tertiary alicyclic amines) is 1. The number of amides is 1. The lowest BCUT2D eigenvalue weighted by Gasteiger charge is -2.40. The maximum absolute atomic E-state index is 11.8. The monoisotopic (exact) mass is 262 g/mol. The molecule has 0 radical (unpaired) electrons. The molecule has 0 spiro atoms. The first-order chi connectivity index (χ1) is 9.19. The molecule has 0 bridgehead atoms. The van der Waals surface area contributed by atoms with Gasteiger partial charge in [0.15, 0.2) is 0 Å². The summed E-state index contributed by atoms with van der Waals surface area (Å²) in [5.74, 6) is 0. The fourth-order valence-electron chi connectivity index (χ4n) is 2.06. The Morgan fingerprint density at radius 1 is 1.42 bits per heavy atom. The largest absolute Gasteiger partial charge is 0.445 e. The van der Waals surface area contributed by atoms with Gasteiger partial charge in [0.05, 0.1) is 0 Å². The molecule has 1 fully saturated rings. The van der Waals surface area contributed by atoms with Crippen LogP contribution in [0.2, 0.25) is 0 Å². The minimum Gasteiger partial charge on any atom is -0.445 e. The normalized spacial score (nSPS) is 16.8. The van der Waals surface area contributed by atoms with Gasteiger partial charge in [0.25, 0.3) is 0 Å². The van der Waals surface area contributed by atoms with Crippen molar-refractivity contribution in [3.63, 3.8) is 0 Å². The number of carbonyl (C=O) groups excluding carboxylic acids is 1. The zero-order chi connectivity index (χ0) is 13.7. The number of hydrogen-bond donors (Lipinski definition) is 1. The Hall–Kier alpha value is -1.55. The van der Waals surface area contributed by atoms with E-state index in [0.717, 1.165) is 25.1 Å². The fourth-order valence-corrected chi connectivity index (χ4v) is 2.06. The van der Waals surface area contributed by atoms with E-state index in [1.807, 2.05) is 30.3 Å². The molecular weight excluding hydrogens is 240 g/mol. The minimum absolute atomic E-state index is 0.217. The molecule has 0 aromatic heterocycles. The maximum atomic E-state index is 11.8. The molecule has 1 amide bonds. The highest BCUT2D eigenvalue weighted by molar-refractivity contribution is 5.68. The quantitative estimate of drug-likeness (QED) is 0.886. The van der Waals surface area contributed by atoms with Gasteiger partial charge >= 0.3 is 6.09 Å². The molecule has 1 aliphatic rings. The molecule has 19 heavy (non-hydrogen) atoms. The molecule has 0 aliphatic carbocycles. The molecule has 1 unspecified atom stereocenters. The van der Waals surface area contributed by atoms with E-state index in [-0.39, 0.29) is 6.09 Å². The number of nitrogens with zero attached hydrogens (tertiary/aromatic N) is 1. The Labute approximate surface area is 114 Å². The van der Waals surface area contributed by atoms with Crippen molar-refractivity contribution >= 4 is 6.09 Å². The van der Waals surface area contributed by atoms with Crippen molar-refractivity contribution in [2.45, 2.75) is 39.0 Å². The maximum Gasteiger partial charge on any atom is 0.410 e. The molecule has 1 aliphatic heterocycles. The Balaban J connectivity index is 1.66. The average Bonchev–Trinajstić information content (AvgIpc) is 2.40. The number of nitrogens with one attached hydrogen (secondary N) is 1. The molecule has 1 heterocycles. The molecule has 4 nitrogen and oxygen atoms in total. The van der Waals surface area contributed by atoms with Gasteiger partial charge in [0.1, 0.15) is 6.61 Å².